The minimum absolute atomic E-state index is 0.121. The van der Waals surface area contributed by atoms with Crippen molar-refractivity contribution in [1.82, 2.24) is 9.21 Å². The molecule has 0 saturated carbocycles. The third-order valence-electron chi connectivity index (χ3n) is 5.25. The first-order valence-electron chi connectivity index (χ1n) is 8.99. The van der Waals surface area contributed by atoms with Crippen LogP contribution in [0.1, 0.15) is 34.3 Å². The second kappa shape index (κ2) is 6.89. The highest BCUT2D eigenvalue weighted by Gasteiger charge is 2.31. The van der Waals surface area contributed by atoms with Gasteiger partial charge in [0.25, 0.3) is 5.91 Å². The maximum Gasteiger partial charge on any atom is 0.257 e. The first kappa shape index (κ1) is 17.3. The van der Waals surface area contributed by atoms with E-state index in [1.54, 1.807) is 17.0 Å². The van der Waals surface area contributed by atoms with Gasteiger partial charge in [-0.05, 0) is 55.0 Å². The smallest absolute Gasteiger partial charge is 0.257 e. The highest BCUT2D eigenvalue weighted by molar-refractivity contribution is 7.89. The summed E-state index contributed by atoms with van der Waals surface area (Å²) in [7, 11) is -3.52. The molecule has 1 amide bonds. The average Bonchev–Trinajstić information content (AvgIpc) is 3.22. The van der Waals surface area contributed by atoms with Crippen LogP contribution in [0, 0.1) is 0 Å². The van der Waals surface area contributed by atoms with E-state index in [1.807, 2.05) is 12.1 Å². The van der Waals surface area contributed by atoms with Gasteiger partial charge in [-0.15, -0.1) is 0 Å². The topological polar surface area (TPSA) is 70.8 Å². The van der Waals surface area contributed by atoms with Gasteiger partial charge >= 0.3 is 0 Å². The molecule has 0 N–H and O–H groups in total. The maximum absolute atomic E-state index is 13.0. The Morgan fingerprint density at radius 3 is 2.38 bits per heavy atom. The third kappa shape index (κ3) is 3.17. The van der Waals surface area contributed by atoms with Gasteiger partial charge in [-0.2, -0.15) is 4.31 Å². The van der Waals surface area contributed by atoms with Gasteiger partial charge in [0.1, 0.15) is 6.26 Å². The number of furan rings is 1. The number of piperazine rings is 1. The molecule has 0 spiro atoms. The number of benzene rings is 1. The highest BCUT2D eigenvalue weighted by Crippen LogP contribution is 2.26. The monoisotopic (exact) mass is 374 g/mol. The molecule has 138 valence electrons. The molecule has 4 rings (SSSR count). The lowest BCUT2D eigenvalue weighted by Gasteiger charge is -2.34. The molecule has 2 aliphatic rings. The molecular formula is C19H22N2O4S. The molecule has 0 atom stereocenters. The van der Waals surface area contributed by atoms with Crippen LogP contribution in [0.5, 0.6) is 0 Å². The van der Waals surface area contributed by atoms with Crippen LogP contribution in [-0.4, -0.2) is 49.7 Å². The van der Waals surface area contributed by atoms with E-state index < -0.39 is 10.0 Å². The zero-order chi connectivity index (χ0) is 18.1. The fourth-order valence-electron chi connectivity index (χ4n) is 3.72. The molecular weight excluding hydrogens is 352 g/mol. The summed E-state index contributed by atoms with van der Waals surface area (Å²) in [4.78, 5) is 14.4. The van der Waals surface area contributed by atoms with Crippen molar-refractivity contribution in [2.75, 3.05) is 26.2 Å². The Balaban J connectivity index is 1.47. The Hall–Kier alpha value is -2.12. The lowest BCUT2D eigenvalue weighted by molar-refractivity contribution is 0.0697. The Morgan fingerprint density at radius 1 is 0.962 bits per heavy atom. The highest BCUT2D eigenvalue weighted by atomic mass is 32.2. The van der Waals surface area contributed by atoms with E-state index in [4.69, 9.17) is 4.42 Å². The molecule has 1 aromatic heterocycles. The summed E-state index contributed by atoms with van der Waals surface area (Å²) in [5, 5.41) is 0. The van der Waals surface area contributed by atoms with E-state index in [1.165, 1.54) is 28.8 Å². The van der Waals surface area contributed by atoms with Crippen LogP contribution < -0.4 is 0 Å². The number of nitrogens with zero attached hydrogens (tertiary/aromatic N) is 2. The summed E-state index contributed by atoms with van der Waals surface area (Å²) in [5.41, 5.74) is 2.92. The van der Waals surface area contributed by atoms with Gasteiger partial charge in [-0.1, -0.05) is 6.07 Å². The van der Waals surface area contributed by atoms with Crippen LogP contribution in [0.4, 0.5) is 0 Å². The van der Waals surface area contributed by atoms with E-state index in [0.717, 1.165) is 24.8 Å². The number of carbonyl (C=O) groups is 1. The number of carbonyl (C=O) groups excluding carboxylic acids is 1. The van der Waals surface area contributed by atoms with Crippen LogP contribution in [0.3, 0.4) is 0 Å². The fourth-order valence-corrected chi connectivity index (χ4v) is 5.19. The Morgan fingerprint density at radius 2 is 1.69 bits per heavy atom. The molecule has 1 fully saturated rings. The number of fused-ring (bicyclic) bond motifs is 1. The number of rotatable bonds is 3. The minimum Gasteiger partial charge on any atom is -0.472 e. The molecule has 0 radical (unpaired) electrons. The normalized spacial score (nSPS) is 18.5. The van der Waals surface area contributed by atoms with Crippen LogP contribution in [0.15, 0.2) is 46.1 Å². The Labute approximate surface area is 153 Å². The molecule has 0 bridgehead atoms. The van der Waals surface area contributed by atoms with Crippen molar-refractivity contribution in [3.05, 3.63) is 53.5 Å². The molecule has 2 aromatic rings. The second-order valence-corrected chi connectivity index (χ2v) is 8.78. The van der Waals surface area contributed by atoms with E-state index in [2.05, 4.69) is 0 Å². The lowest BCUT2D eigenvalue weighted by atomic mass is 9.92. The molecule has 7 heteroatoms. The van der Waals surface area contributed by atoms with E-state index >= 15 is 0 Å². The van der Waals surface area contributed by atoms with E-state index in [9.17, 15) is 13.2 Å². The van der Waals surface area contributed by atoms with Gasteiger partial charge in [0, 0.05) is 26.2 Å². The zero-order valence-electron chi connectivity index (χ0n) is 14.6. The predicted molar refractivity (Wildman–Crippen MR) is 96.5 cm³/mol. The first-order valence-corrected chi connectivity index (χ1v) is 10.4. The largest absolute Gasteiger partial charge is 0.472 e. The third-order valence-corrected chi connectivity index (χ3v) is 7.15. The van der Waals surface area contributed by atoms with Crippen molar-refractivity contribution in [2.45, 2.75) is 30.6 Å². The number of aryl methyl sites for hydroxylation is 2. The van der Waals surface area contributed by atoms with Gasteiger partial charge < -0.3 is 9.32 Å². The van der Waals surface area contributed by atoms with E-state index in [-0.39, 0.29) is 5.91 Å². The van der Waals surface area contributed by atoms with Crippen LogP contribution >= 0.6 is 0 Å². The van der Waals surface area contributed by atoms with Gasteiger partial charge in [-0.3, -0.25) is 4.79 Å². The molecule has 1 saturated heterocycles. The van der Waals surface area contributed by atoms with Gasteiger partial charge in [0.2, 0.25) is 10.0 Å². The van der Waals surface area contributed by atoms with Crippen molar-refractivity contribution in [3.63, 3.8) is 0 Å². The second-order valence-electron chi connectivity index (χ2n) is 6.85. The number of sulfonamides is 1. The summed E-state index contributed by atoms with van der Waals surface area (Å²) in [6.07, 6.45) is 7.15. The SMILES string of the molecule is O=C(c1ccoc1)N1CCN(S(=O)(=O)c2ccc3c(c2)CCCC3)CC1. The minimum atomic E-state index is -3.52. The molecule has 2 heterocycles. The maximum atomic E-state index is 13.0. The summed E-state index contributed by atoms with van der Waals surface area (Å²) < 4.78 is 32.4. The summed E-state index contributed by atoms with van der Waals surface area (Å²) in [6.45, 7) is 1.38. The Kier molecular flexibility index (Phi) is 4.58. The predicted octanol–water partition coefficient (Wildman–Crippen LogP) is 2.31. The Bertz CT molecular complexity index is 898. The van der Waals surface area contributed by atoms with Crippen LogP contribution in [-0.2, 0) is 22.9 Å². The van der Waals surface area contributed by atoms with E-state index in [0.29, 0.717) is 36.6 Å². The number of amides is 1. The van der Waals surface area contributed by atoms with Crippen molar-refractivity contribution in [3.8, 4) is 0 Å². The fraction of sp³-hybridized carbons (Fsp3) is 0.421. The van der Waals surface area contributed by atoms with Crippen molar-refractivity contribution in [2.24, 2.45) is 0 Å². The van der Waals surface area contributed by atoms with Gasteiger partial charge in [-0.25, -0.2) is 8.42 Å². The van der Waals surface area contributed by atoms with Crippen molar-refractivity contribution in [1.29, 1.82) is 0 Å². The van der Waals surface area contributed by atoms with Crippen molar-refractivity contribution >= 4 is 15.9 Å². The summed E-state index contributed by atoms with van der Waals surface area (Å²) in [5.74, 6) is -0.121. The van der Waals surface area contributed by atoms with Gasteiger partial charge in [0.05, 0.1) is 16.7 Å². The first-order chi connectivity index (χ1) is 12.6. The molecule has 26 heavy (non-hydrogen) atoms. The van der Waals surface area contributed by atoms with Gasteiger partial charge in [0.15, 0.2) is 0 Å². The molecule has 1 aromatic carbocycles. The molecule has 6 nitrogen and oxygen atoms in total. The molecule has 0 unspecified atom stereocenters. The molecule has 1 aliphatic carbocycles. The standard InChI is InChI=1S/C19H22N2O4S/c22-19(17-7-12-25-14-17)20-8-10-21(11-9-20)26(23,24)18-6-5-15-3-1-2-4-16(15)13-18/h5-7,12-14H,1-4,8-11H2. The summed E-state index contributed by atoms with van der Waals surface area (Å²) >= 11 is 0. The number of hydrogen-bond acceptors (Lipinski definition) is 4. The molecule has 1 aliphatic heterocycles. The lowest BCUT2D eigenvalue weighted by Crippen LogP contribution is -2.50. The quantitative estimate of drug-likeness (QED) is 0.827. The van der Waals surface area contributed by atoms with Crippen LogP contribution in [0.2, 0.25) is 0 Å². The van der Waals surface area contributed by atoms with Crippen LogP contribution in [0.25, 0.3) is 0 Å². The summed E-state index contributed by atoms with van der Waals surface area (Å²) in [6, 6.07) is 7.15. The number of hydrogen-bond donors (Lipinski definition) is 0. The van der Waals surface area contributed by atoms with Crippen molar-refractivity contribution < 1.29 is 17.6 Å². The average molecular weight is 374 g/mol. The zero-order valence-corrected chi connectivity index (χ0v) is 15.4.